The van der Waals surface area contributed by atoms with Gasteiger partial charge in [-0.05, 0) is 30.4 Å². The van der Waals surface area contributed by atoms with Crippen LogP contribution in [0.3, 0.4) is 0 Å². The first-order chi connectivity index (χ1) is 13.7. The van der Waals surface area contributed by atoms with E-state index in [9.17, 15) is 4.21 Å². The number of benzene rings is 2. The van der Waals surface area contributed by atoms with Gasteiger partial charge in [-0.2, -0.15) is 0 Å². The molecule has 1 saturated carbocycles. The van der Waals surface area contributed by atoms with Gasteiger partial charge in [-0.25, -0.2) is 0 Å². The molecule has 0 spiro atoms. The van der Waals surface area contributed by atoms with Crippen LogP contribution in [0.25, 0.3) is 0 Å². The predicted molar refractivity (Wildman–Crippen MR) is 131 cm³/mol. The summed E-state index contributed by atoms with van der Waals surface area (Å²) < 4.78 is 18.2. The summed E-state index contributed by atoms with van der Waals surface area (Å²) in [5.74, 6) is 3.53. The summed E-state index contributed by atoms with van der Waals surface area (Å²) in [7, 11) is 0.842. The molecular formula is C22H30IN3O2S. The summed E-state index contributed by atoms with van der Waals surface area (Å²) >= 11 is 0. The fourth-order valence-electron chi connectivity index (χ4n) is 2.80. The van der Waals surface area contributed by atoms with Crippen LogP contribution in [-0.4, -0.2) is 36.1 Å². The molecule has 0 heterocycles. The van der Waals surface area contributed by atoms with E-state index in [1.54, 1.807) is 7.05 Å². The Morgan fingerprint density at radius 3 is 2.55 bits per heavy atom. The Hall–Kier alpha value is -1.61. The molecule has 1 aliphatic rings. The van der Waals surface area contributed by atoms with E-state index in [-0.39, 0.29) is 24.0 Å². The summed E-state index contributed by atoms with van der Waals surface area (Å²) in [6.45, 7) is 2.05. The molecule has 0 aliphatic heterocycles. The van der Waals surface area contributed by atoms with Gasteiger partial charge < -0.3 is 15.4 Å². The number of aliphatic imine (C=N–C) groups is 1. The lowest BCUT2D eigenvalue weighted by Crippen LogP contribution is -2.38. The number of nitrogens with zero attached hydrogens (tertiary/aromatic N) is 1. The van der Waals surface area contributed by atoms with Gasteiger partial charge in [-0.3, -0.25) is 9.20 Å². The second-order valence-corrected chi connectivity index (χ2v) is 8.57. The van der Waals surface area contributed by atoms with Crippen LogP contribution >= 0.6 is 24.0 Å². The van der Waals surface area contributed by atoms with Gasteiger partial charge in [-0.1, -0.05) is 48.5 Å². The minimum atomic E-state index is -0.900. The largest absolute Gasteiger partial charge is 0.493 e. The van der Waals surface area contributed by atoms with Crippen LogP contribution in [0.15, 0.2) is 59.6 Å². The highest BCUT2D eigenvalue weighted by atomic mass is 127. The Bertz CT molecular complexity index is 798. The molecule has 1 aliphatic carbocycles. The summed E-state index contributed by atoms with van der Waals surface area (Å²) in [5.41, 5.74) is 2.21. The normalized spacial score (nSPS) is 14.6. The molecule has 2 aromatic rings. The van der Waals surface area contributed by atoms with Crippen molar-refractivity contribution >= 4 is 40.7 Å². The van der Waals surface area contributed by atoms with Crippen molar-refractivity contribution in [3.05, 3.63) is 65.7 Å². The van der Waals surface area contributed by atoms with Gasteiger partial charge in [0, 0.05) is 48.0 Å². The Morgan fingerprint density at radius 2 is 1.83 bits per heavy atom. The highest BCUT2D eigenvalue weighted by Crippen LogP contribution is 2.30. The Morgan fingerprint density at radius 1 is 1.10 bits per heavy atom. The molecule has 5 nitrogen and oxygen atoms in total. The second kappa shape index (κ2) is 12.8. The van der Waals surface area contributed by atoms with E-state index in [1.165, 1.54) is 12.8 Å². The van der Waals surface area contributed by atoms with Gasteiger partial charge in [0.1, 0.15) is 5.75 Å². The molecule has 3 rings (SSSR count). The van der Waals surface area contributed by atoms with Gasteiger partial charge >= 0.3 is 0 Å². The van der Waals surface area contributed by atoms with Gasteiger partial charge in [0.15, 0.2) is 5.96 Å². The Labute approximate surface area is 193 Å². The lowest BCUT2D eigenvalue weighted by atomic mass is 10.2. The van der Waals surface area contributed by atoms with Crippen LogP contribution in [0.1, 0.15) is 24.0 Å². The number of ether oxygens (including phenoxy) is 1. The number of nitrogens with one attached hydrogen (secondary N) is 2. The summed E-state index contributed by atoms with van der Waals surface area (Å²) in [6, 6.07) is 18.0. The lowest BCUT2D eigenvalue weighted by molar-refractivity contribution is 0.296. The van der Waals surface area contributed by atoms with Crippen molar-refractivity contribution in [3.8, 4) is 5.75 Å². The average molecular weight is 527 g/mol. The molecule has 0 saturated heterocycles. The van der Waals surface area contributed by atoms with Crippen molar-refractivity contribution in [1.29, 1.82) is 0 Å². The first-order valence-corrected chi connectivity index (χ1v) is 11.3. The molecule has 29 heavy (non-hydrogen) atoms. The van der Waals surface area contributed by atoms with Crippen molar-refractivity contribution in [3.63, 3.8) is 0 Å². The van der Waals surface area contributed by atoms with Crippen LogP contribution in [-0.2, 0) is 23.1 Å². The van der Waals surface area contributed by atoms with E-state index in [4.69, 9.17) is 4.74 Å². The smallest absolute Gasteiger partial charge is 0.191 e. The SMILES string of the molecule is CN=C(NCCS(=O)Cc1ccccc1)NCc1ccccc1OCC1CC1.I. The fourth-order valence-corrected chi connectivity index (χ4v) is 3.84. The zero-order chi connectivity index (χ0) is 19.6. The first-order valence-electron chi connectivity index (χ1n) is 9.78. The van der Waals surface area contributed by atoms with E-state index in [0.29, 0.717) is 30.6 Å². The molecule has 0 radical (unpaired) electrons. The predicted octanol–water partition coefficient (Wildman–Crippen LogP) is 3.71. The van der Waals surface area contributed by atoms with E-state index >= 15 is 0 Å². The number of halogens is 1. The number of hydrogen-bond acceptors (Lipinski definition) is 3. The number of guanidine groups is 1. The molecule has 2 aromatic carbocycles. The van der Waals surface area contributed by atoms with E-state index in [0.717, 1.165) is 29.4 Å². The average Bonchev–Trinajstić information content (AvgIpc) is 3.55. The van der Waals surface area contributed by atoms with Crippen LogP contribution in [0, 0.1) is 5.92 Å². The number of para-hydroxylation sites is 1. The topological polar surface area (TPSA) is 62.7 Å². The second-order valence-electron chi connectivity index (χ2n) is 6.99. The molecule has 1 atom stereocenters. The minimum absolute atomic E-state index is 0. The third-order valence-corrected chi connectivity index (χ3v) is 5.92. The molecule has 1 unspecified atom stereocenters. The maximum absolute atomic E-state index is 12.2. The van der Waals surface area contributed by atoms with E-state index < -0.39 is 10.8 Å². The van der Waals surface area contributed by atoms with Crippen LogP contribution in [0.2, 0.25) is 0 Å². The Kier molecular flexibility index (Phi) is 10.5. The number of hydrogen-bond donors (Lipinski definition) is 2. The van der Waals surface area contributed by atoms with Crippen molar-refractivity contribution < 1.29 is 8.95 Å². The summed E-state index contributed by atoms with van der Waals surface area (Å²) in [5, 5.41) is 6.55. The quantitative estimate of drug-likeness (QED) is 0.281. The first kappa shape index (κ1) is 23.7. The zero-order valence-corrected chi connectivity index (χ0v) is 20.0. The fraction of sp³-hybridized carbons (Fsp3) is 0.409. The molecule has 7 heteroatoms. The van der Waals surface area contributed by atoms with Crippen LogP contribution < -0.4 is 15.4 Å². The van der Waals surface area contributed by atoms with Gasteiger partial charge in [-0.15, -0.1) is 24.0 Å². The third kappa shape index (κ3) is 8.74. The maximum Gasteiger partial charge on any atom is 0.191 e. The van der Waals surface area contributed by atoms with E-state index in [2.05, 4.69) is 21.7 Å². The van der Waals surface area contributed by atoms with Gasteiger partial charge in [0.25, 0.3) is 0 Å². The molecule has 158 valence electrons. The van der Waals surface area contributed by atoms with Crippen molar-refractivity contribution in [2.75, 3.05) is 26.0 Å². The maximum atomic E-state index is 12.2. The lowest BCUT2D eigenvalue weighted by Gasteiger charge is -2.14. The van der Waals surface area contributed by atoms with Crippen molar-refractivity contribution in [2.45, 2.75) is 25.1 Å². The van der Waals surface area contributed by atoms with Gasteiger partial charge in [0.05, 0.1) is 6.61 Å². The van der Waals surface area contributed by atoms with Gasteiger partial charge in [0.2, 0.25) is 0 Å². The van der Waals surface area contributed by atoms with Crippen LogP contribution in [0.4, 0.5) is 0 Å². The monoisotopic (exact) mass is 527 g/mol. The molecule has 2 N–H and O–H groups in total. The summed E-state index contributed by atoms with van der Waals surface area (Å²) in [4.78, 5) is 4.25. The Balaban J connectivity index is 0.00000300. The minimum Gasteiger partial charge on any atom is -0.493 e. The molecule has 0 bridgehead atoms. The van der Waals surface area contributed by atoms with Crippen LogP contribution in [0.5, 0.6) is 5.75 Å². The van der Waals surface area contributed by atoms with Crippen molar-refractivity contribution in [2.24, 2.45) is 10.9 Å². The summed E-state index contributed by atoms with van der Waals surface area (Å²) in [6.07, 6.45) is 2.56. The number of rotatable bonds is 10. The standard InChI is InChI=1S/C22H29N3O2S.HI/c1-23-22(24-13-14-28(26)17-19-7-3-2-4-8-19)25-15-20-9-5-6-10-21(20)27-16-18-11-12-18;/h2-10,18H,11-17H2,1H3,(H2,23,24,25);1H. The molecule has 1 fully saturated rings. The highest BCUT2D eigenvalue weighted by Gasteiger charge is 2.22. The highest BCUT2D eigenvalue weighted by molar-refractivity contribution is 14.0. The van der Waals surface area contributed by atoms with Crippen molar-refractivity contribution in [1.82, 2.24) is 10.6 Å². The molecular weight excluding hydrogens is 497 g/mol. The zero-order valence-electron chi connectivity index (χ0n) is 16.8. The molecule has 0 aromatic heterocycles. The third-order valence-electron chi connectivity index (χ3n) is 4.61. The molecule has 0 amide bonds. The van der Waals surface area contributed by atoms with E-state index in [1.807, 2.05) is 48.5 Å².